The molecule has 3 nitrogen and oxygen atoms in total. The number of para-hydroxylation sites is 1. The first-order valence-corrected chi connectivity index (χ1v) is 24.3. The number of rotatable bonds is 3. The lowest BCUT2D eigenvalue weighted by Gasteiger charge is -2.45. The average molecular weight is 871 g/mol. The molecule has 0 fully saturated rings. The average Bonchev–Trinajstić information content (AvgIpc) is 3.96. The first-order valence-electron chi connectivity index (χ1n) is 23.5. The smallest absolute Gasteiger partial charge is 0.337 e. The summed E-state index contributed by atoms with van der Waals surface area (Å²) in [5.41, 5.74) is 20.8. The summed E-state index contributed by atoms with van der Waals surface area (Å²) in [7, 11) is 0. The Kier molecular flexibility index (Phi) is 8.16. The van der Waals surface area contributed by atoms with Crippen molar-refractivity contribution in [3.05, 3.63) is 186 Å². The van der Waals surface area contributed by atoms with Crippen LogP contribution in [-0.4, -0.2) is 6.85 Å². The summed E-state index contributed by atoms with van der Waals surface area (Å²) in [6, 6.07) is 61.9. The molecule has 0 saturated heterocycles. The molecule has 3 aliphatic rings. The van der Waals surface area contributed by atoms with E-state index in [9.17, 15) is 0 Å². The molecule has 2 aliphatic heterocycles. The van der Waals surface area contributed by atoms with Gasteiger partial charge in [-0.15, -0.1) is 11.3 Å². The van der Waals surface area contributed by atoms with E-state index in [0.29, 0.717) is 0 Å². The Morgan fingerprint density at radius 1 is 0.515 bits per heavy atom. The third kappa shape index (κ3) is 5.50. The van der Waals surface area contributed by atoms with Crippen molar-refractivity contribution in [1.82, 2.24) is 0 Å². The van der Waals surface area contributed by atoms with Gasteiger partial charge in [0.2, 0.25) is 5.88 Å². The number of nitrogens with zero attached hydrogens (tertiary/aromatic N) is 2. The van der Waals surface area contributed by atoms with Crippen molar-refractivity contribution in [2.45, 2.75) is 71.6 Å². The van der Waals surface area contributed by atoms with Crippen molar-refractivity contribution in [3.8, 4) is 33.4 Å². The van der Waals surface area contributed by atoms with Gasteiger partial charge in [0.15, 0.2) is 0 Å². The zero-order valence-corrected chi connectivity index (χ0v) is 39.7. The molecular weight excluding hydrogens is 820 g/mol. The summed E-state index contributed by atoms with van der Waals surface area (Å²) in [6.45, 7) is 18.4. The van der Waals surface area contributed by atoms with Gasteiger partial charge < -0.3 is 9.23 Å². The lowest BCUT2D eigenvalue weighted by atomic mass is 9.43. The number of furan rings is 1. The topological polar surface area (TPSA) is 19.6 Å². The van der Waals surface area contributed by atoms with Gasteiger partial charge in [-0.1, -0.05) is 165 Å². The highest BCUT2D eigenvalue weighted by molar-refractivity contribution is 7.26. The Bertz CT molecular complexity index is 3660. The highest BCUT2D eigenvalue weighted by Gasteiger charge is 2.50. The Morgan fingerprint density at radius 3 is 1.97 bits per heavy atom. The number of benzene rings is 8. The summed E-state index contributed by atoms with van der Waals surface area (Å²) in [5.74, 6) is 0.874. The first-order chi connectivity index (χ1) is 31.8. The van der Waals surface area contributed by atoms with E-state index in [0.717, 1.165) is 22.5 Å². The van der Waals surface area contributed by atoms with Crippen molar-refractivity contribution >= 4 is 88.9 Å². The molecule has 0 amide bonds. The summed E-state index contributed by atoms with van der Waals surface area (Å²) in [6.07, 6.45) is 0. The number of hydrogen-bond donors (Lipinski definition) is 0. The number of anilines is 5. The Hall–Kier alpha value is -6.82. The highest BCUT2D eigenvalue weighted by Crippen LogP contribution is 2.57. The van der Waals surface area contributed by atoms with Crippen LogP contribution >= 0.6 is 11.3 Å². The fourth-order valence-corrected chi connectivity index (χ4v) is 12.8. The van der Waals surface area contributed by atoms with E-state index in [2.05, 4.69) is 229 Å². The highest BCUT2D eigenvalue weighted by atomic mass is 32.1. The summed E-state index contributed by atoms with van der Waals surface area (Å²) < 4.78 is 9.96. The fourth-order valence-electron chi connectivity index (χ4n) is 11.5. The SMILES string of the molecule is CC(C)(C)c1ccc(N2B3c4c(cc5c(sc6ccccc65)c4N(c4ccc(C(C)(C)C)cc4-c4ccccc4)c4oc5ccccc5c43)-c3cc4c(cc32)C(C)(C)c2ccccc2-4)cc1. The Balaban J connectivity index is 1.22. The third-order valence-corrected chi connectivity index (χ3v) is 16.2. The van der Waals surface area contributed by atoms with Crippen LogP contribution in [0.15, 0.2) is 168 Å². The van der Waals surface area contributed by atoms with Crippen LogP contribution in [0.5, 0.6) is 0 Å². The molecule has 1 aliphatic carbocycles. The third-order valence-electron chi connectivity index (χ3n) is 15.0. The quantitative estimate of drug-likeness (QED) is 0.165. The Labute approximate surface area is 392 Å². The standard InChI is InChI=1S/C61H51BN2OS/c1-59(2,3)37-26-29-39(30-27-37)64-51-35-49-44(40-20-12-15-23-48(40)61(49,7)8)33-45(51)46-34-47-41-21-14-17-25-53(41)66-57(47)56-54(46)62(64)55-42-22-13-16-24-52(42)65-58(55)63(56)50-31-28-38(60(4,5)6)32-43(50)36-18-10-9-11-19-36/h9-35H,1-8H3. The van der Waals surface area contributed by atoms with Gasteiger partial charge in [0, 0.05) is 54.2 Å². The van der Waals surface area contributed by atoms with E-state index >= 15 is 0 Å². The zero-order chi connectivity index (χ0) is 45.0. The second-order valence-electron chi connectivity index (χ2n) is 21.3. The summed E-state index contributed by atoms with van der Waals surface area (Å²) in [5, 5.41) is 3.69. The number of hydrogen-bond acceptors (Lipinski definition) is 4. The molecule has 8 aromatic carbocycles. The van der Waals surface area contributed by atoms with Gasteiger partial charge in [0.1, 0.15) is 5.58 Å². The van der Waals surface area contributed by atoms with Crippen LogP contribution in [-0.2, 0) is 16.2 Å². The van der Waals surface area contributed by atoms with E-state index in [-0.39, 0.29) is 23.1 Å². The van der Waals surface area contributed by atoms with Gasteiger partial charge >= 0.3 is 6.85 Å². The molecule has 13 rings (SSSR count). The van der Waals surface area contributed by atoms with Crippen LogP contribution in [0.3, 0.4) is 0 Å². The van der Waals surface area contributed by atoms with Crippen molar-refractivity contribution in [1.29, 1.82) is 0 Å². The van der Waals surface area contributed by atoms with E-state index in [1.54, 1.807) is 0 Å². The molecule has 0 N–H and O–H groups in total. The molecule has 320 valence electrons. The van der Waals surface area contributed by atoms with Gasteiger partial charge in [-0.3, -0.25) is 4.90 Å². The molecule has 66 heavy (non-hydrogen) atoms. The van der Waals surface area contributed by atoms with E-state index in [1.165, 1.54) is 104 Å². The first kappa shape index (κ1) is 39.5. The normalized spacial score (nSPS) is 14.7. The monoisotopic (exact) mass is 870 g/mol. The van der Waals surface area contributed by atoms with Crippen LogP contribution in [0, 0.1) is 0 Å². The number of fused-ring (bicyclic) bond motifs is 13. The summed E-state index contributed by atoms with van der Waals surface area (Å²) >= 11 is 1.90. The maximum Gasteiger partial charge on any atom is 0.337 e. The van der Waals surface area contributed by atoms with Gasteiger partial charge in [-0.25, -0.2) is 0 Å². The van der Waals surface area contributed by atoms with Crippen molar-refractivity contribution in [3.63, 3.8) is 0 Å². The van der Waals surface area contributed by atoms with E-state index in [4.69, 9.17) is 4.42 Å². The fraction of sp³-hybridized carbons (Fsp3) is 0.180. The lowest BCUT2D eigenvalue weighted by Crippen LogP contribution is -2.61. The molecule has 10 aromatic rings. The van der Waals surface area contributed by atoms with Crippen LogP contribution in [0.4, 0.5) is 28.6 Å². The predicted octanol–water partition coefficient (Wildman–Crippen LogP) is 16.1. The molecule has 2 aromatic heterocycles. The second kappa shape index (κ2) is 13.6. The van der Waals surface area contributed by atoms with Crippen LogP contribution in [0.25, 0.3) is 64.5 Å². The zero-order valence-electron chi connectivity index (χ0n) is 38.9. The summed E-state index contributed by atoms with van der Waals surface area (Å²) in [4.78, 5) is 5.19. The van der Waals surface area contributed by atoms with E-state index in [1.807, 2.05) is 11.3 Å². The Morgan fingerprint density at radius 2 is 1.20 bits per heavy atom. The minimum atomic E-state index is -0.202. The molecule has 0 atom stereocenters. The minimum absolute atomic E-state index is 0.0137. The van der Waals surface area contributed by atoms with Crippen molar-refractivity contribution in [2.24, 2.45) is 0 Å². The van der Waals surface area contributed by atoms with Crippen molar-refractivity contribution in [2.75, 3.05) is 9.71 Å². The molecule has 0 bridgehead atoms. The van der Waals surface area contributed by atoms with Gasteiger partial charge in [-0.05, 0) is 115 Å². The van der Waals surface area contributed by atoms with Gasteiger partial charge in [0.25, 0.3) is 0 Å². The molecule has 5 heteroatoms. The molecule has 4 heterocycles. The lowest BCUT2D eigenvalue weighted by molar-refractivity contribution is 0.590. The van der Waals surface area contributed by atoms with Crippen LogP contribution in [0.1, 0.15) is 77.6 Å². The van der Waals surface area contributed by atoms with Gasteiger partial charge in [0.05, 0.1) is 16.1 Å². The molecular formula is C61H51BN2OS. The minimum Gasteiger partial charge on any atom is -0.440 e. The maximum atomic E-state index is 7.41. The molecule has 0 radical (unpaired) electrons. The number of thiophene rings is 1. The molecule has 0 spiro atoms. The van der Waals surface area contributed by atoms with E-state index < -0.39 is 0 Å². The van der Waals surface area contributed by atoms with Crippen molar-refractivity contribution < 1.29 is 4.42 Å². The largest absolute Gasteiger partial charge is 0.440 e. The molecule has 0 unspecified atom stereocenters. The predicted molar refractivity (Wildman–Crippen MR) is 283 cm³/mol. The second-order valence-corrected chi connectivity index (χ2v) is 22.4. The van der Waals surface area contributed by atoms with Crippen LogP contribution in [0.2, 0.25) is 0 Å². The molecule has 0 saturated carbocycles. The van der Waals surface area contributed by atoms with Crippen LogP contribution < -0.4 is 20.6 Å². The van der Waals surface area contributed by atoms with Gasteiger partial charge in [-0.2, -0.15) is 0 Å². The maximum absolute atomic E-state index is 7.41.